The van der Waals surface area contributed by atoms with E-state index in [2.05, 4.69) is 26.2 Å². The maximum atomic E-state index is 12.1. The third-order valence-electron chi connectivity index (χ3n) is 2.91. The number of nitrogens with zero attached hydrogens (tertiary/aromatic N) is 1. The first kappa shape index (κ1) is 14.7. The van der Waals surface area contributed by atoms with Gasteiger partial charge in [0, 0.05) is 10.0 Å². The number of hydrogen-bond donors (Lipinski definition) is 2. The minimum atomic E-state index is -0.168. The van der Waals surface area contributed by atoms with Gasteiger partial charge in [-0.05, 0) is 65.6 Å². The van der Waals surface area contributed by atoms with E-state index >= 15 is 0 Å². The van der Waals surface area contributed by atoms with Crippen molar-refractivity contribution in [3.63, 3.8) is 0 Å². The van der Waals surface area contributed by atoms with Crippen molar-refractivity contribution in [2.45, 2.75) is 13.3 Å². The average molecular weight is 334 g/mol. The molecule has 1 heterocycles. The molecular formula is C15H16BrN3O. The summed E-state index contributed by atoms with van der Waals surface area (Å²) in [5, 5.41) is 2.78. The van der Waals surface area contributed by atoms with Crippen LogP contribution in [0.3, 0.4) is 0 Å². The predicted molar refractivity (Wildman–Crippen MR) is 83.8 cm³/mol. The lowest BCUT2D eigenvalue weighted by Crippen LogP contribution is -2.13. The molecule has 1 amide bonds. The van der Waals surface area contributed by atoms with Gasteiger partial charge in [0.2, 0.25) is 0 Å². The molecule has 1 aromatic heterocycles. The third kappa shape index (κ3) is 3.65. The number of carbonyl (C=O) groups is 1. The highest BCUT2D eigenvalue weighted by atomic mass is 79.9. The van der Waals surface area contributed by atoms with Crippen molar-refractivity contribution >= 4 is 27.7 Å². The third-order valence-corrected chi connectivity index (χ3v) is 3.75. The number of pyridine rings is 1. The maximum absolute atomic E-state index is 12.1. The SMILES string of the molecule is Cc1nc(NC(=O)c2ccc(CCN)cc2)ccc1Br. The first-order valence-electron chi connectivity index (χ1n) is 6.33. The van der Waals surface area contributed by atoms with Crippen LogP contribution in [0, 0.1) is 6.92 Å². The number of anilines is 1. The Bertz CT molecular complexity index is 611. The smallest absolute Gasteiger partial charge is 0.256 e. The summed E-state index contributed by atoms with van der Waals surface area (Å²) in [5.41, 5.74) is 8.06. The molecule has 0 spiro atoms. The van der Waals surface area contributed by atoms with Gasteiger partial charge in [-0.15, -0.1) is 0 Å². The number of amides is 1. The number of aryl methyl sites for hydroxylation is 1. The number of halogens is 1. The monoisotopic (exact) mass is 333 g/mol. The standard InChI is InChI=1S/C15H16BrN3O/c1-10-13(16)6-7-14(18-10)19-15(20)12-4-2-11(3-5-12)8-9-17/h2-7H,8-9,17H2,1H3,(H,18,19,20). The zero-order valence-electron chi connectivity index (χ0n) is 11.2. The van der Waals surface area contributed by atoms with Gasteiger partial charge in [-0.1, -0.05) is 12.1 Å². The van der Waals surface area contributed by atoms with Gasteiger partial charge in [-0.2, -0.15) is 0 Å². The van der Waals surface area contributed by atoms with Crippen molar-refractivity contribution < 1.29 is 4.79 Å². The minimum Gasteiger partial charge on any atom is -0.330 e. The summed E-state index contributed by atoms with van der Waals surface area (Å²) in [7, 11) is 0. The summed E-state index contributed by atoms with van der Waals surface area (Å²) < 4.78 is 0.918. The Kier molecular flexibility index (Phi) is 4.87. The number of carbonyl (C=O) groups excluding carboxylic acids is 1. The van der Waals surface area contributed by atoms with Crippen molar-refractivity contribution in [3.05, 3.63) is 57.7 Å². The topological polar surface area (TPSA) is 68.0 Å². The molecule has 0 atom stereocenters. The molecule has 0 radical (unpaired) electrons. The second-order valence-electron chi connectivity index (χ2n) is 4.45. The first-order valence-corrected chi connectivity index (χ1v) is 7.13. The van der Waals surface area contributed by atoms with Crippen LogP contribution in [0.5, 0.6) is 0 Å². The summed E-state index contributed by atoms with van der Waals surface area (Å²) in [6.45, 7) is 2.48. The van der Waals surface area contributed by atoms with E-state index in [1.165, 1.54) is 0 Å². The van der Waals surface area contributed by atoms with Crippen LogP contribution in [0.2, 0.25) is 0 Å². The van der Waals surface area contributed by atoms with Crippen LogP contribution in [0.1, 0.15) is 21.6 Å². The Morgan fingerprint density at radius 3 is 2.55 bits per heavy atom. The van der Waals surface area contributed by atoms with Gasteiger partial charge >= 0.3 is 0 Å². The normalized spacial score (nSPS) is 10.3. The zero-order valence-corrected chi connectivity index (χ0v) is 12.8. The number of hydrogen-bond acceptors (Lipinski definition) is 3. The van der Waals surface area contributed by atoms with Crippen LogP contribution in [-0.2, 0) is 6.42 Å². The first-order chi connectivity index (χ1) is 9.60. The lowest BCUT2D eigenvalue weighted by molar-refractivity contribution is 0.102. The zero-order chi connectivity index (χ0) is 14.5. The van der Waals surface area contributed by atoms with Crippen molar-refractivity contribution in [2.24, 2.45) is 5.73 Å². The Hall–Kier alpha value is -1.72. The van der Waals surface area contributed by atoms with E-state index in [-0.39, 0.29) is 5.91 Å². The molecule has 2 aromatic rings. The van der Waals surface area contributed by atoms with E-state index in [0.717, 1.165) is 22.2 Å². The summed E-state index contributed by atoms with van der Waals surface area (Å²) >= 11 is 3.38. The number of nitrogens with one attached hydrogen (secondary N) is 1. The fourth-order valence-corrected chi connectivity index (χ4v) is 2.01. The van der Waals surface area contributed by atoms with Crippen LogP contribution in [-0.4, -0.2) is 17.4 Å². The van der Waals surface area contributed by atoms with E-state index in [1.54, 1.807) is 18.2 Å². The molecule has 0 aliphatic carbocycles. The Balaban J connectivity index is 2.09. The Morgan fingerprint density at radius 1 is 1.25 bits per heavy atom. The van der Waals surface area contributed by atoms with Crippen LogP contribution in [0.25, 0.3) is 0 Å². The second kappa shape index (κ2) is 6.63. The van der Waals surface area contributed by atoms with Crippen molar-refractivity contribution in [3.8, 4) is 0 Å². The van der Waals surface area contributed by atoms with E-state index in [1.807, 2.05) is 25.1 Å². The lowest BCUT2D eigenvalue weighted by Gasteiger charge is -2.07. The molecule has 0 fully saturated rings. The quantitative estimate of drug-likeness (QED) is 0.903. The van der Waals surface area contributed by atoms with Gasteiger partial charge in [0.25, 0.3) is 5.91 Å². The predicted octanol–water partition coefficient (Wildman–Crippen LogP) is 2.91. The molecule has 0 saturated heterocycles. The highest BCUT2D eigenvalue weighted by Crippen LogP contribution is 2.16. The molecule has 5 heteroatoms. The molecule has 0 aliphatic heterocycles. The van der Waals surface area contributed by atoms with Crippen LogP contribution in [0.4, 0.5) is 5.82 Å². The van der Waals surface area contributed by atoms with Crippen molar-refractivity contribution in [1.29, 1.82) is 0 Å². The maximum Gasteiger partial charge on any atom is 0.256 e. The Labute approximate surface area is 126 Å². The molecule has 0 bridgehead atoms. The van der Waals surface area contributed by atoms with Gasteiger partial charge in [-0.25, -0.2) is 4.98 Å². The number of aromatic nitrogens is 1. The minimum absolute atomic E-state index is 0.168. The largest absolute Gasteiger partial charge is 0.330 e. The molecule has 104 valence electrons. The summed E-state index contributed by atoms with van der Waals surface area (Å²) in [6.07, 6.45) is 0.815. The molecular weight excluding hydrogens is 318 g/mol. The molecule has 4 nitrogen and oxygen atoms in total. The van der Waals surface area contributed by atoms with Gasteiger partial charge in [-0.3, -0.25) is 4.79 Å². The van der Waals surface area contributed by atoms with E-state index in [4.69, 9.17) is 5.73 Å². The van der Waals surface area contributed by atoms with Crippen molar-refractivity contribution in [1.82, 2.24) is 4.98 Å². The number of benzene rings is 1. The van der Waals surface area contributed by atoms with Crippen molar-refractivity contribution in [2.75, 3.05) is 11.9 Å². The van der Waals surface area contributed by atoms with E-state index < -0.39 is 0 Å². The van der Waals surface area contributed by atoms with Gasteiger partial charge in [0.05, 0.1) is 5.69 Å². The number of nitrogens with two attached hydrogens (primary N) is 1. The van der Waals surface area contributed by atoms with Gasteiger partial charge < -0.3 is 11.1 Å². The molecule has 3 N–H and O–H groups in total. The van der Waals surface area contributed by atoms with Crippen LogP contribution >= 0.6 is 15.9 Å². The van der Waals surface area contributed by atoms with Gasteiger partial charge in [0.1, 0.15) is 5.82 Å². The highest BCUT2D eigenvalue weighted by molar-refractivity contribution is 9.10. The molecule has 2 rings (SSSR count). The summed E-state index contributed by atoms with van der Waals surface area (Å²) in [6, 6.07) is 11.1. The van der Waals surface area contributed by atoms with Crippen LogP contribution in [0.15, 0.2) is 40.9 Å². The lowest BCUT2D eigenvalue weighted by atomic mass is 10.1. The van der Waals surface area contributed by atoms with E-state index in [9.17, 15) is 4.79 Å². The Morgan fingerprint density at radius 2 is 1.95 bits per heavy atom. The fourth-order valence-electron chi connectivity index (χ4n) is 1.79. The molecule has 1 aromatic carbocycles. The number of rotatable bonds is 4. The molecule has 0 unspecified atom stereocenters. The summed E-state index contributed by atoms with van der Waals surface area (Å²) in [4.78, 5) is 16.4. The second-order valence-corrected chi connectivity index (χ2v) is 5.31. The fraction of sp³-hybridized carbons (Fsp3) is 0.200. The molecule has 20 heavy (non-hydrogen) atoms. The van der Waals surface area contributed by atoms with Crippen LogP contribution < -0.4 is 11.1 Å². The average Bonchev–Trinajstić information content (AvgIpc) is 2.44. The molecule has 0 aliphatic rings. The van der Waals surface area contributed by atoms with E-state index in [0.29, 0.717) is 17.9 Å². The van der Waals surface area contributed by atoms with Gasteiger partial charge in [0.15, 0.2) is 0 Å². The highest BCUT2D eigenvalue weighted by Gasteiger charge is 2.07. The summed E-state index contributed by atoms with van der Waals surface area (Å²) in [5.74, 6) is 0.375. The molecule has 0 saturated carbocycles.